The fourth-order valence-electron chi connectivity index (χ4n) is 2.64. The van der Waals surface area contributed by atoms with Crippen LogP contribution in [0, 0.1) is 5.82 Å². The molecule has 1 aromatic heterocycles. The SMILES string of the molecule is CCNC1CCCc2nc(-c3ccc(F)cc3Br)sc21. The molecule has 1 unspecified atom stereocenters. The lowest BCUT2D eigenvalue weighted by atomic mass is 9.98. The second-order valence-electron chi connectivity index (χ2n) is 4.96. The van der Waals surface area contributed by atoms with E-state index in [0.717, 1.165) is 28.0 Å². The molecule has 1 aromatic carbocycles. The zero-order chi connectivity index (χ0) is 14.1. The molecule has 0 spiro atoms. The van der Waals surface area contributed by atoms with Crippen molar-refractivity contribution in [3.8, 4) is 10.6 Å². The first-order valence-electron chi connectivity index (χ1n) is 6.87. The number of hydrogen-bond acceptors (Lipinski definition) is 3. The second-order valence-corrected chi connectivity index (χ2v) is 6.84. The molecular weight excluding hydrogens is 339 g/mol. The van der Waals surface area contributed by atoms with Gasteiger partial charge in [0.25, 0.3) is 0 Å². The minimum Gasteiger partial charge on any atom is -0.309 e. The molecule has 1 heterocycles. The van der Waals surface area contributed by atoms with E-state index in [9.17, 15) is 4.39 Å². The highest BCUT2D eigenvalue weighted by Crippen LogP contribution is 2.39. The number of benzene rings is 1. The predicted octanol–water partition coefficient (Wildman–Crippen LogP) is 4.70. The summed E-state index contributed by atoms with van der Waals surface area (Å²) >= 11 is 5.16. The Morgan fingerprint density at radius 3 is 3.10 bits per heavy atom. The molecule has 1 aliphatic rings. The molecule has 0 saturated carbocycles. The third kappa shape index (κ3) is 2.67. The van der Waals surface area contributed by atoms with Crippen LogP contribution in [0.2, 0.25) is 0 Å². The van der Waals surface area contributed by atoms with Crippen molar-refractivity contribution in [2.24, 2.45) is 0 Å². The number of rotatable bonds is 3. The van der Waals surface area contributed by atoms with Crippen LogP contribution in [0.5, 0.6) is 0 Å². The van der Waals surface area contributed by atoms with E-state index in [2.05, 4.69) is 28.2 Å². The van der Waals surface area contributed by atoms with E-state index in [0.29, 0.717) is 6.04 Å². The van der Waals surface area contributed by atoms with E-state index < -0.39 is 0 Å². The zero-order valence-corrected chi connectivity index (χ0v) is 13.7. The standard InChI is InChI=1S/C15H16BrFN2S/c1-2-18-12-4-3-5-13-14(12)20-15(19-13)10-7-6-9(17)8-11(10)16/h6-8,12,18H,2-5H2,1H3. The van der Waals surface area contributed by atoms with Gasteiger partial charge in [0.05, 0.1) is 5.69 Å². The summed E-state index contributed by atoms with van der Waals surface area (Å²) in [5.41, 5.74) is 2.18. The smallest absolute Gasteiger partial charge is 0.125 e. The first-order valence-corrected chi connectivity index (χ1v) is 8.48. The molecule has 1 atom stereocenters. The molecule has 0 bridgehead atoms. The fraction of sp³-hybridized carbons (Fsp3) is 0.400. The highest BCUT2D eigenvalue weighted by Gasteiger charge is 2.24. The molecule has 0 amide bonds. The maximum Gasteiger partial charge on any atom is 0.125 e. The minimum absolute atomic E-state index is 0.229. The monoisotopic (exact) mass is 354 g/mol. The molecule has 0 aliphatic heterocycles. The molecular formula is C15H16BrFN2S. The van der Waals surface area contributed by atoms with E-state index in [1.54, 1.807) is 17.4 Å². The summed E-state index contributed by atoms with van der Waals surface area (Å²) in [4.78, 5) is 6.12. The number of fused-ring (bicyclic) bond motifs is 1. The Hall–Kier alpha value is -0.780. The Bertz CT molecular complexity index is 626. The summed E-state index contributed by atoms with van der Waals surface area (Å²) in [6, 6.07) is 5.21. The highest BCUT2D eigenvalue weighted by atomic mass is 79.9. The molecule has 1 N–H and O–H groups in total. The lowest BCUT2D eigenvalue weighted by Gasteiger charge is -2.21. The van der Waals surface area contributed by atoms with Crippen LogP contribution < -0.4 is 5.32 Å². The van der Waals surface area contributed by atoms with Gasteiger partial charge in [-0.3, -0.25) is 0 Å². The van der Waals surface area contributed by atoms with Crippen LogP contribution >= 0.6 is 27.3 Å². The largest absolute Gasteiger partial charge is 0.309 e. The number of aromatic nitrogens is 1. The highest BCUT2D eigenvalue weighted by molar-refractivity contribution is 9.10. The number of thiazole rings is 1. The third-order valence-corrected chi connectivity index (χ3v) is 5.46. The van der Waals surface area contributed by atoms with Gasteiger partial charge in [0.2, 0.25) is 0 Å². The predicted molar refractivity (Wildman–Crippen MR) is 84.6 cm³/mol. The first kappa shape index (κ1) is 14.2. The molecule has 2 aromatic rings. The zero-order valence-electron chi connectivity index (χ0n) is 11.2. The second kappa shape index (κ2) is 5.92. The van der Waals surface area contributed by atoms with Gasteiger partial charge in [0.1, 0.15) is 10.8 Å². The van der Waals surface area contributed by atoms with Crippen LogP contribution in [0.1, 0.15) is 36.4 Å². The summed E-state index contributed by atoms with van der Waals surface area (Å²) < 4.78 is 14.0. The summed E-state index contributed by atoms with van der Waals surface area (Å²) in [5, 5.41) is 4.51. The molecule has 5 heteroatoms. The topological polar surface area (TPSA) is 24.9 Å². The van der Waals surface area contributed by atoms with Gasteiger partial charge in [-0.05, 0) is 59.9 Å². The fourth-order valence-corrected chi connectivity index (χ4v) is 4.57. The number of aryl methyl sites for hydroxylation is 1. The Kier molecular flexibility index (Phi) is 4.19. The summed E-state index contributed by atoms with van der Waals surface area (Å²) in [7, 11) is 0. The van der Waals surface area contributed by atoms with Crippen molar-refractivity contribution >= 4 is 27.3 Å². The van der Waals surface area contributed by atoms with Crippen LogP contribution in [-0.4, -0.2) is 11.5 Å². The lowest BCUT2D eigenvalue weighted by molar-refractivity contribution is 0.476. The molecule has 0 radical (unpaired) electrons. The van der Waals surface area contributed by atoms with Crippen molar-refractivity contribution in [1.82, 2.24) is 10.3 Å². The lowest BCUT2D eigenvalue weighted by Crippen LogP contribution is -2.23. The van der Waals surface area contributed by atoms with E-state index >= 15 is 0 Å². The Labute approximate surface area is 130 Å². The van der Waals surface area contributed by atoms with E-state index in [1.807, 2.05) is 0 Å². The van der Waals surface area contributed by atoms with E-state index in [1.165, 1.54) is 35.5 Å². The average molecular weight is 355 g/mol. The van der Waals surface area contributed by atoms with Gasteiger partial charge in [-0.25, -0.2) is 9.37 Å². The van der Waals surface area contributed by atoms with Crippen LogP contribution in [0.4, 0.5) is 4.39 Å². The molecule has 106 valence electrons. The van der Waals surface area contributed by atoms with Gasteiger partial charge < -0.3 is 5.32 Å². The van der Waals surface area contributed by atoms with E-state index in [-0.39, 0.29) is 5.82 Å². The maximum absolute atomic E-state index is 13.2. The summed E-state index contributed by atoms with van der Waals surface area (Å²) in [6.45, 7) is 3.10. The molecule has 1 aliphatic carbocycles. The number of nitrogens with zero attached hydrogens (tertiary/aromatic N) is 1. The number of nitrogens with one attached hydrogen (secondary N) is 1. The van der Waals surface area contributed by atoms with Gasteiger partial charge in [-0.15, -0.1) is 11.3 Å². The van der Waals surface area contributed by atoms with Crippen molar-refractivity contribution in [3.05, 3.63) is 39.1 Å². The molecule has 2 nitrogen and oxygen atoms in total. The quantitative estimate of drug-likeness (QED) is 0.863. The van der Waals surface area contributed by atoms with Crippen LogP contribution in [0.15, 0.2) is 22.7 Å². The molecule has 20 heavy (non-hydrogen) atoms. The van der Waals surface area contributed by atoms with Crippen molar-refractivity contribution in [2.45, 2.75) is 32.2 Å². The number of hydrogen-bond donors (Lipinski definition) is 1. The summed E-state index contributed by atoms with van der Waals surface area (Å²) in [5.74, 6) is -0.229. The van der Waals surface area contributed by atoms with Gasteiger partial charge in [0, 0.05) is 21.0 Å². The van der Waals surface area contributed by atoms with Gasteiger partial charge in [-0.1, -0.05) is 6.92 Å². The van der Waals surface area contributed by atoms with Gasteiger partial charge in [-0.2, -0.15) is 0 Å². The van der Waals surface area contributed by atoms with Crippen molar-refractivity contribution in [2.75, 3.05) is 6.54 Å². The van der Waals surface area contributed by atoms with Crippen LogP contribution in [-0.2, 0) is 6.42 Å². The van der Waals surface area contributed by atoms with E-state index in [4.69, 9.17) is 4.98 Å². The van der Waals surface area contributed by atoms with Crippen LogP contribution in [0.25, 0.3) is 10.6 Å². The molecule has 0 fully saturated rings. The van der Waals surface area contributed by atoms with Crippen molar-refractivity contribution in [3.63, 3.8) is 0 Å². The maximum atomic E-state index is 13.2. The van der Waals surface area contributed by atoms with Crippen molar-refractivity contribution in [1.29, 1.82) is 0 Å². The Morgan fingerprint density at radius 2 is 2.35 bits per heavy atom. The van der Waals surface area contributed by atoms with Gasteiger partial charge in [0.15, 0.2) is 0 Å². The molecule has 0 saturated heterocycles. The Morgan fingerprint density at radius 1 is 1.50 bits per heavy atom. The van der Waals surface area contributed by atoms with Crippen LogP contribution in [0.3, 0.4) is 0 Å². The number of halogens is 2. The average Bonchev–Trinajstić information content (AvgIpc) is 2.83. The Balaban J connectivity index is 2.00. The summed E-state index contributed by atoms with van der Waals surface area (Å²) in [6.07, 6.45) is 3.40. The third-order valence-electron chi connectivity index (χ3n) is 3.56. The van der Waals surface area contributed by atoms with Gasteiger partial charge >= 0.3 is 0 Å². The molecule has 3 rings (SSSR count). The van der Waals surface area contributed by atoms with Crippen molar-refractivity contribution < 1.29 is 4.39 Å². The normalized spacial score (nSPS) is 18.1. The minimum atomic E-state index is -0.229. The first-order chi connectivity index (χ1) is 9.69.